The lowest BCUT2D eigenvalue weighted by Crippen LogP contribution is -2.28. The molecule has 0 saturated carbocycles. The SMILES string of the molecule is Cc1ccc(OCc2nc(CC(=O)NCc3ccccc3S(=O)(=O)N(C)C)cs2)cc1. The molecule has 1 aromatic heterocycles. The van der Waals surface area contributed by atoms with Crippen molar-refractivity contribution in [3.05, 3.63) is 75.7 Å². The second-order valence-corrected chi connectivity index (χ2v) is 10.2. The Hall–Kier alpha value is -2.75. The highest BCUT2D eigenvalue weighted by atomic mass is 32.2. The fraction of sp³-hybridized carbons (Fsp3) is 0.273. The van der Waals surface area contributed by atoms with Crippen LogP contribution in [0.3, 0.4) is 0 Å². The molecule has 0 spiro atoms. The highest BCUT2D eigenvalue weighted by molar-refractivity contribution is 7.89. The van der Waals surface area contributed by atoms with Gasteiger partial charge in [-0.25, -0.2) is 17.7 Å². The van der Waals surface area contributed by atoms with Crippen LogP contribution in [0.15, 0.2) is 58.8 Å². The Morgan fingerprint density at radius 3 is 2.55 bits per heavy atom. The van der Waals surface area contributed by atoms with E-state index in [1.807, 2.05) is 36.6 Å². The number of sulfonamides is 1. The van der Waals surface area contributed by atoms with Crippen LogP contribution in [0.4, 0.5) is 0 Å². The molecule has 0 aliphatic carbocycles. The summed E-state index contributed by atoms with van der Waals surface area (Å²) in [6.07, 6.45) is 0.115. The molecule has 0 radical (unpaired) electrons. The van der Waals surface area contributed by atoms with Crippen LogP contribution in [-0.2, 0) is 34.4 Å². The van der Waals surface area contributed by atoms with Crippen molar-refractivity contribution in [3.8, 4) is 5.75 Å². The van der Waals surface area contributed by atoms with E-state index in [1.54, 1.807) is 18.2 Å². The minimum atomic E-state index is -3.59. The van der Waals surface area contributed by atoms with Crippen molar-refractivity contribution >= 4 is 27.3 Å². The Kier molecular flexibility index (Phi) is 7.42. The van der Waals surface area contributed by atoms with E-state index in [2.05, 4.69) is 10.3 Å². The number of rotatable bonds is 9. The molecular formula is C22H25N3O4S2. The monoisotopic (exact) mass is 459 g/mol. The molecule has 0 aliphatic heterocycles. The standard InChI is InChI=1S/C22H25N3O4S2/c1-16-8-10-19(11-9-16)29-14-22-24-18(15-30-22)12-21(26)23-13-17-6-4-5-7-20(17)31(27,28)25(2)3/h4-11,15H,12-14H2,1-3H3,(H,23,26). The van der Waals surface area contributed by atoms with Crippen LogP contribution in [-0.4, -0.2) is 37.7 Å². The van der Waals surface area contributed by atoms with Gasteiger partial charge in [0.15, 0.2) is 0 Å². The van der Waals surface area contributed by atoms with E-state index in [0.717, 1.165) is 20.6 Å². The summed E-state index contributed by atoms with van der Waals surface area (Å²) < 4.78 is 31.8. The topological polar surface area (TPSA) is 88.6 Å². The zero-order valence-corrected chi connectivity index (χ0v) is 19.3. The lowest BCUT2D eigenvalue weighted by atomic mass is 10.2. The van der Waals surface area contributed by atoms with E-state index in [1.165, 1.54) is 31.5 Å². The first kappa shape index (κ1) is 22.9. The molecule has 0 unspecified atom stereocenters. The number of aryl methyl sites for hydroxylation is 1. The molecule has 9 heteroatoms. The van der Waals surface area contributed by atoms with Crippen LogP contribution in [0.5, 0.6) is 5.75 Å². The maximum atomic E-state index is 12.5. The minimum absolute atomic E-state index is 0.115. The highest BCUT2D eigenvalue weighted by Gasteiger charge is 2.21. The summed E-state index contributed by atoms with van der Waals surface area (Å²) in [5.41, 5.74) is 2.35. The number of benzene rings is 2. The molecule has 31 heavy (non-hydrogen) atoms. The Morgan fingerprint density at radius 1 is 1.13 bits per heavy atom. The molecule has 0 fully saturated rings. The van der Waals surface area contributed by atoms with Gasteiger partial charge in [0, 0.05) is 26.0 Å². The summed E-state index contributed by atoms with van der Waals surface area (Å²) in [5, 5.41) is 5.40. The van der Waals surface area contributed by atoms with E-state index in [0.29, 0.717) is 17.9 Å². The number of nitrogens with one attached hydrogen (secondary N) is 1. The van der Waals surface area contributed by atoms with Crippen molar-refractivity contribution in [2.24, 2.45) is 0 Å². The van der Waals surface area contributed by atoms with E-state index < -0.39 is 10.0 Å². The summed E-state index contributed by atoms with van der Waals surface area (Å²) in [7, 11) is -0.627. The third-order valence-corrected chi connectivity index (χ3v) is 7.32. The molecular weight excluding hydrogens is 434 g/mol. The number of carbonyl (C=O) groups excluding carboxylic acids is 1. The van der Waals surface area contributed by atoms with Crippen molar-refractivity contribution < 1.29 is 17.9 Å². The van der Waals surface area contributed by atoms with E-state index in [4.69, 9.17) is 4.74 Å². The van der Waals surface area contributed by atoms with Gasteiger partial charge >= 0.3 is 0 Å². The molecule has 0 bridgehead atoms. The van der Waals surface area contributed by atoms with Gasteiger partial charge in [0.05, 0.1) is 17.0 Å². The molecule has 7 nitrogen and oxygen atoms in total. The largest absolute Gasteiger partial charge is 0.486 e. The minimum Gasteiger partial charge on any atom is -0.486 e. The van der Waals surface area contributed by atoms with Gasteiger partial charge in [-0.05, 0) is 30.7 Å². The number of ether oxygens (including phenoxy) is 1. The molecule has 0 aliphatic rings. The fourth-order valence-electron chi connectivity index (χ4n) is 2.80. The molecule has 164 valence electrons. The van der Waals surface area contributed by atoms with Crippen LogP contribution >= 0.6 is 11.3 Å². The third-order valence-electron chi connectivity index (χ3n) is 4.53. The molecule has 2 aromatic carbocycles. The summed E-state index contributed by atoms with van der Waals surface area (Å²) in [5.74, 6) is 0.541. The zero-order chi connectivity index (χ0) is 22.4. The van der Waals surface area contributed by atoms with Gasteiger partial charge in [0.25, 0.3) is 0 Å². The van der Waals surface area contributed by atoms with Gasteiger partial charge in [-0.3, -0.25) is 4.79 Å². The lowest BCUT2D eigenvalue weighted by Gasteiger charge is -2.15. The van der Waals surface area contributed by atoms with E-state index >= 15 is 0 Å². The van der Waals surface area contributed by atoms with Gasteiger partial charge in [-0.1, -0.05) is 35.9 Å². The van der Waals surface area contributed by atoms with Gasteiger partial charge < -0.3 is 10.1 Å². The van der Waals surface area contributed by atoms with Crippen LogP contribution < -0.4 is 10.1 Å². The van der Waals surface area contributed by atoms with E-state index in [9.17, 15) is 13.2 Å². The Balaban J connectivity index is 1.55. The van der Waals surface area contributed by atoms with Gasteiger partial charge in [0.2, 0.25) is 15.9 Å². The van der Waals surface area contributed by atoms with Crippen molar-refractivity contribution in [1.29, 1.82) is 0 Å². The molecule has 1 N–H and O–H groups in total. The van der Waals surface area contributed by atoms with Crippen molar-refractivity contribution in [1.82, 2.24) is 14.6 Å². The number of aromatic nitrogens is 1. The quantitative estimate of drug-likeness (QED) is 0.531. The van der Waals surface area contributed by atoms with Crippen LogP contribution in [0.25, 0.3) is 0 Å². The molecule has 1 heterocycles. The van der Waals surface area contributed by atoms with Crippen molar-refractivity contribution in [3.63, 3.8) is 0 Å². The maximum Gasteiger partial charge on any atom is 0.242 e. The predicted molar refractivity (Wildman–Crippen MR) is 120 cm³/mol. The van der Waals surface area contributed by atoms with Gasteiger partial charge in [0.1, 0.15) is 17.4 Å². The predicted octanol–water partition coefficient (Wildman–Crippen LogP) is 3.14. The summed E-state index contributed by atoms with van der Waals surface area (Å²) in [6.45, 7) is 2.47. The zero-order valence-electron chi connectivity index (χ0n) is 17.7. The van der Waals surface area contributed by atoms with Gasteiger partial charge in [-0.15, -0.1) is 11.3 Å². The normalized spacial score (nSPS) is 11.5. The number of carbonyl (C=O) groups is 1. The lowest BCUT2D eigenvalue weighted by molar-refractivity contribution is -0.120. The fourth-order valence-corrected chi connectivity index (χ4v) is 4.62. The average Bonchev–Trinajstić information content (AvgIpc) is 3.19. The second kappa shape index (κ2) is 10.0. The molecule has 1 amide bonds. The number of thiazole rings is 1. The number of hydrogen-bond donors (Lipinski definition) is 1. The molecule has 3 aromatic rings. The first-order valence-corrected chi connectivity index (χ1v) is 12.0. The van der Waals surface area contributed by atoms with Crippen molar-refractivity contribution in [2.45, 2.75) is 31.4 Å². The second-order valence-electron chi connectivity index (χ2n) is 7.18. The summed E-state index contributed by atoms with van der Waals surface area (Å²) in [4.78, 5) is 17.0. The average molecular weight is 460 g/mol. The number of amides is 1. The molecule has 0 saturated heterocycles. The highest BCUT2D eigenvalue weighted by Crippen LogP contribution is 2.19. The third kappa shape index (κ3) is 6.13. The maximum absolute atomic E-state index is 12.5. The first-order chi connectivity index (χ1) is 14.8. The smallest absolute Gasteiger partial charge is 0.242 e. The Bertz CT molecular complexity index is 1140. The summed E-state index contributed by atoms with van der Waals surface area (Å²) in [6, 6.07) is 14.4. The van der Waals surface area contributed by atoms with Crippen LogP contribution in [0.1, 0.15) is 21.8 Å². The number of nitrogens with zero attached hydrogens (tertiary/aromatic N) is 2. The molecule has 0 atom stereocenters. The molecule has 3 rings (SSSR count). The first-order valence-electron chi connectivity index (χ1n) is 9.65. The van der Waals surface area contributed by atoms with E-state index in [-0.39, 0.29) is 23.8 Å². The van der Waals surface area contributed by atoms with Crippen molar-refractivity contribution in [2.75, 3.05) is 14.1 Å². The summed E-state index contributed by atoms with van der Waals surface area (Å²) >= 11 is 1.44. The Labute approximate surface area is 186 Å². The Morgan fingerprint density at radius 2 is 1.84 bits per heavy atom. The van der Waals surface area contributed by atoms with Crippen LogP contribution in [0.2, 0.25) is 0 Å². The number of hydrogen-bond acceptors (Lipinski definition) is 6. The van der Waals surface area contributed by atoms with Crippen LogP contribution in [0, 0.1) is 6.92 Å². The van der Waals surface area contributed by atoms with Gasteiger partial charge in [-0.2, -0.15) is 0 Å².